The molecule has 5 nitrogen and oxygen atoms in total. The third kappa shape index (κ3) is 7.08. The van der Waals surface area contributed by atoms with Crippen molar-refractivity contribution in [3.63, 3.8) is 0 Å². The minimum absolute atomic E-state index is 0.106. The Kier molecular flexibility index (Phi) is 8.89. The van der Waals surface area contributed by atoms with Crippen LogP contribution in [0.25, 0.3) is 6.08 Å². The minimum atomic E-state index is -0.106. The van der Waals surface area contributed by atoms with E-state index in [-0.39, 0.29) is 11.9 Å². The van der Waals surface area contributed by atoms with E-state index in [1.165, 1.54) is 12.5 Å². The molecule has 1 amide bonds. The Balaban J connectivity index is 2.69. The third-order valence-electron chi connectivity index (χ3n) is 3.92. The van der Waals surface area contributed by atoms with Crippen molar-refractivity contribution in [2.24, 2.45) is 5.92 Å². The van der Waals surface area contributed by atoms with Crippen LogP contribution >= 0.6 is 0 Å². The highest BCUT2D eigenvalue weighted by atomic mass is 16.5. The van der Waals surface area contributed by atoms with E-state index in [0.717, 1.165) is 18.4 Å². The topological polar surface area (TPSA) is 56.8 Å². The molecule has 0 fully saturated rings. The van der Waals surface area contributed by atoms with E-state index < -0.39 is 0 Å². The fourth-order valence-corrected chi connectivity index (χ4v) is 2.56. The first-order valence-corrected chi connectivity index (χ1v) is 8.69. The first-order chi connectivity index (χ1) is 11.9. The van der Waals surface area contributed by atoms with E-state index in [2.05, 4.69) is 19.2 Å². The third-order valence-corrected chi connectivity index (χ3v) is 3.92. The Labute approximate surface area is 151 Å². The SMILES string of the molecule is COc1cc(C=CC(=O)NC(C)CCCC(C)C)cc(OC)c1OC. The second-order valence-electron chi connectivity index (χ2n) is 6.53. The molecular formula is C20H31NO4. The van der Waals surface area contributed by atoms with Crippen molar-refractivity contribution < 1.29 is 19.0 Å². The van der Waals surface area contributed by atoms with Crippen LogP contribution in [0.5, 0.6) is 17.2 Å². The number of hydrogen-bond acceptors (Lipinski definition) is 4. The summed E-state index contributed by atoms with van der Waals surface area (Å²) in [7, 11) is 4.69. The van der Waals surface area contributed by atoms with Crippen LogP contribution in [0, 0.1) is 5.92 Å². The molecule has 1 unspecified atom stereocenters. The van der Waals surface area contributed by atoms with E-state index in [1.807, 2.05) is 6.92 Å². The van der Waals surface area contributed by atoms with E-state index >= 15 is 0 Å². The molecular weight excluding hydrogens is 318 g/mol. The average Bonchev–Trinajstić information content (AvgIpc) is 2.58. The standard InChI is InChI=1S/C20H31NO4/c1-14(2)8-7-9-15(3)21-19(22)11-10-16-12-17(23-4)20(25-6)18(13-16)24-5/h10-15H,7-9H2,1-6H3,(H,21,22). The first kappa shape index (κ1) is 20.9. The van der Waals surface area contributed by atoms with Gasteiger partial charge in [-0.15, -0.1) is 0 Å². The van der Waals surface area contributed by atoms with Crippen molar-refractivity contribution >= 4 is 12.0 Å². The average molecular weight is 349 g/mol. The molecule has 5 heteroatoms. The van der Waals surface area contributed by atoms with E-state index in [4.69, 9.17) is 14.2 Å². The van der Waals surface area contributed by atoms with Gasteiger partial charge in [0, 0.05) is 12.1 Å². The highest BCUT2D eigenvalue weighted by Crippen LogP contribution is 2.38. The Morgan fingerprint density at radius 3 is 2.12 bits per heavy atom. The fourth-order valence-electron chi connectivity index (χ4n) is 2.56. The molecule has 1 aromatic rings. The van der Waals surface area contributed by atoms with Crippen LogP contribution in [0.15, 0.2) is 18.2 Å². The zero-order valence-electron chi connectivity index (χ0n) is 16.2. The van der Waals surface area contributed by atoms with Crippen molar-refractivity contribution in [2.75, 3.05) is 21.3 Å². The quantitative estimate of drug-likeness (QED) is 0.647. The summed E-state index contributed by atoms with van der Waals surface area (Å²) in [5.41, 5.74) is 0.803. The molecule has 0 heterocycles. The smallest absolute Gasteiger partial charge is 0.244 e. The second-order valence-corrected chi connectivity index (χ2v) is 6.53. The van der Waals surface area contributed by atoms with Crippen molar-refractivity contribution in [2.45, 2.75) is 46.1 Å². The predicted octanol–water partition coefficient (Wildman–Crippen LogP) is 4.06. The molecule has 1 rings (SSSR count). The van der Waals surface area contributed by atoms with E-state index in [0.29, 0.717) is 23.2 Å². The Bertz CT molecular complexity index is 556. The van der Waals surface area contributed by atoms with Crippen molar-refractivity contribution in [3.8, 4) is 17.2 Å². The van der Waals surface area contributed by atoms with Gasteiger partial charge in [0.05, 0.1) is 21.3 Å². The summed E-state index contributed by atoms with van der Waals surface area (Å²) in [6.45, 7) is 6.46. The fraction of sp³-hybridized carbons (Fsp3) is 0.550. The highest BCUT2D eigenvalue weighted by molar-refractivity contribution is 5.92. The molecule has 0 spiro atoms. The number of methoxy groups -OCH3 is 3. The minimum Gasteiger partial charge on any atom is -0.493 e. The van der Waals surface area contributed by atoms with Crippen LogP contribution in [-0.4, -0.2) is 33.3 Å². The summed E-state index contributed by atoms with van der Waals surface area (Å²) in [6, 6.07) is 3.77. The summed E-state index contributed by atoms with van der Waals surface area (Å²) in [6.07, 6.45) is 6.55. The van der Waals surface area contributed by atoms with Crippen LogP contribution < -0.4 is 19.5 Å². The van der Waals surface area contributed by atoms with Gasteiger partial charge >= 0.3 is 0 Å². The molecule has 0 aliphatic carbocycles. The van der Waals surface area contributed by atoms with E-state index in [9.17, 15) is 4.79 Å². The maximum atomic E-state index is 12.1. The molecule has 0 aliphatic heterocycles. The summed E-state index contributed by atoms with van der Waals surface area (Å²) >= 11 is 0. The zero-order chi connectivity index (χ0) is 18.8. The number of nitrogens with one attached hydrogen (secondary N) is 1. The molecule has 1 aromatic carbocycles. The van der Waals surface area contributed by atoms with Gasteiger partial charge in [0.25, 0.3) is 0 Å². The van der Waals surface area contributed by atoms with Crippen LogP contribution in [0.1, 0.15) is 45.6 Å². The lowest BCUT2D eigenvalue weighted by Crippen LogP contribution is -2.31. The van der Waals surface area contributed by atoms with E-state index in [1.54, 1.807) is 39.5 Å². The summed E-state index contributed by atoms with van der Waals surface area (Å²) in [5.74, 6) is 2.24. The van der Waals surface area contributed by atoms with Crippen molar-refractivity contribution in [3.05, 3.63) is 23.8 Å². The Hall–Kier alpha value is -2.17. The van der Waals surface area contributed by atoms with Crippen molar-refractivity contribution in [1.29, 1.82) is 0 Å². The summed E-state index contributed by atoms with van der Waals surface area (Å²) in [5, 5.41) is 2.99. The van der Waals surface area contributed by atoms with Gasteiger partial charge < -0.3 is 19.5 Å². The molecule has 140 valence electrons. The molecule has 0 bridgehead atoms. The van der Waals surface area contributed by atoms with Crippen LogP contribution in [0.4, 0.5) is 0 Å². The molecule has 0 aromatic heterocycles. The van der Waals surface area contributed by atoms with Gasteiger partial charge in [-0.05, 0) is 43.0 Å². The lowest BCUT2D eigenvalue weighted by Gasteiger charge is -2.14. The monoisotopic (exact) mass is 349 g/mol. The molecule has 0 saturated carbocycles. The molecule has 1 atom stereocenters. The lowest BCUT2D eigenvalue weighted by molar-refractivity contribution is -0.117. The highest BCUT2D eigenvalue weighted by Gasteiger charge is 2.12. The van der Waals surface area contributed by atoms with Crippen LogP contribution in [0.3, 0.4) is 0 Å². The maximum Gasteiger partial charge on any atom is 0.244 e. The molecule has 0 saturated heterocycles. The first-order valence-electron chi connectivity index (χ1n) is 8.69. The number of benzene rings is 1. The number of carbonyl (C=O) groups is 1. The van der Waals surface area contributed by atoms with Gasteiger partial charge in [-0.2, -0.15) is 0 Å². The summed E-state index contributed by atoms with van der Waals surface area (Å²) < 4.78 is 15.9. The van der Waals surface area contributed by atoms with Crippen molar-refractivity contribution in [1.82, 2.24) is 5.32 Å². The largest absolute Gasteiger partial charge is 0.493 e. The van der Waals surface area contributed by atoms with Gasteiger partial charge in [0.1, 0.15) is 0 Å². The number of hydrogen-bond donors (Lipinski definition) is 1. The van der Waals surface area contributed by atoms with Gasteiger partial charge in [0.15, 0.2) is 11.5 Å². The summed E-state index contributed by atoms with van der Waals surface area (Å²) in [4.78, 5) is 12.1. The molecule has 1 N–H and O–H groups in total. The Morgan fingerprint density at radius 2 is 1.64 bits per heavy atom. The normalized spacial score (nSPS) is 12.3. The van der Waals surface area contributed by atoms with Crippen LogP contribution in [0.2, 0.25) is 0 Å². The maximum absolute atomic E-state index is 12.1. The lowest BCUT2D eigenvalue weighted by atomic mass is 10.0. The molecule has 0 aliphatic rings. The van der Waals surface area contributed by atoms with Gasteiger partial charge in [-0.25, -0.2) is 0 Å². The second kappa shape index (κ2) is 10.6. The molecule has 25 heavy (non-hydrogen) atoms. The number of carbonyl (C=O) groups excluding carboxylic acids is 1. The molecule has 0 radical (unpaired) electrons. The van der Waals surface area contributed by atoms with Crippen LogP contribution in [-0.2, 0) is 4.79 Å². The van der Waals surface area contributed by atoms with Gasteiger partial charge in [0.2, 0.25) is 11.7 Å². The number of rotatable bonds is 10. The number of ether oxygens (including phenoxy) is 3. The predicted molar refractivity (Wildman–Crippen MR) is 101 cm³/mol. The number of amides is 1. The Morgan fingerprint density at radius 1 is 1.04 bits per heavy atom. The zero-order valence-corrected chi connectivity index (χ0v) is 16.2. The van der Waals surface area contributed by atoms with Gasteiger partial charge in [-0.3, -0.25) is 4.79 Å². The van der Waals surface area contributed by atoms with Gasteiger partial charge in [-0.1, -0.05) is 26.7 Å².